The molecule has 1 unspecified atom stereocenters. The first-order valence-electron chi connectivity index (χ1n) is 6.27. The third-order valence-electron chi connectivity index (χ3n) is 3.06. The van der Waals surface area contributed by atoms with Gasteiger partial charge in [0.25, 0.3) is 0 Å². The molecule has 21 heavy (non-hydrogen) atoms. The molecular formula is C15H12BrCl3FN. The summed E-state index contributed by atoms with van der Waals surface area (Å²) >= 11 is 21.2. The molecule has 0 fully saturated rings. The molecule has 6 heteroatoms. The zero-order valence-corrected chi connectivity index (χ0v) is 14.9. The van der Waals surface area contributed by atoms with E-state index in [1.54, 1.807) is 24.3 Å². The van der Waals surface area contributed by atoms with Crippen molar-refractivity contribution in [2.24, 2.45) is 0 Å². The highest BCUT2D eigenvalue weighted by Gasteiger charge is 2.20. The topological polar surface area (TPSA) is 12.0 Å². The molecule has 112 valence electrons. The molecule has 0 heterocycles. The minimum atomic E-state index is -0.455. The maximum absolute atomic E-state index is 14.4. The highest BCUT2D eigenvalue weighted by molar-refractivity contribution is 9.10. The van der Waals surface area contributed by atoms with Gasteiger partial charge >= 0.3 is 0 Å². The molecule has 1 N–H and O–H groups in total. The third kappa shape index (κ3) is 3.72. The van der Waals surface area contributed by atoms with E-state index in [2.05, 4.69) is 21.2 Å². The van der Waals surface area contributed by atoms with Gasteiger partial charge in [-0.1, -0.05) is 53.9 Å². The molecule has 0 radical (unpaired) electrons. The van der Waals surface area contributed by atoms with Crippen molar-refractivity contribution >= 4 is 50.7 Å². The first-order chi connectivity index (χ1) is 9.95. The maximum atomic E-state index is 14.4. The van der Waals surface area contributed by atoms with Crippen molar-refractivity contribution in [2.75, 3.05) is 6.54 Å². The van der Waals surface area contributed by atoms with Gasteiger partial charge in [-0.05, 0) is 46.2 Å². The average Bonchev–Trinajstić information content (AvgIpc) is 2.46. The van der Waals surface area contributed by atoms with Crippen LogP contribution >= 0.6 is 50.7 Å². The molecular weight excluding hydrogens is 399 g/mol. The van der Waals surface area contributed by atoms with Crippen LogP contribution in [0.5, 0.6) is 0 Å². The van der Waals surface area contributed by atoms with Gasteiger partial charge in [-0.25, -0.2) is 4.39 Å². The molecule has 0 aliphatic heterocycles. The van der Waals surface area contributed by atoms with Crippen molar-refractivity contribution in [3.63, 3.8) is 0 Å². The molecule has 0 aliphatic rings. The Balaban J connectivity index is 2.53. The van der Waals surface area contributed by atoms with Gasteiger partial charge in [0.2, 0.25) is 0 Å². The van der Waals surface area contributed by atoms with E-state index in [9.17, 15) is 4.39 Å². The molecule has 2 aromatic carbocycles. The Labute approximate surface area is 146 Å². The summed E-state index contributed by atoms with van der Waals surface area (Å²) in [6, 6.07) is 8.31. The summed E-state index contributed by atoms with van der Waals surface area (Å²) in [5, 5.41) is 4.19. The Morgan fingerprint density at radius 3 is 2.48 bits per heavy atom. The molecule has 1 nitrogen and oxygen atoms in total. The number of halogens is 5. The van der Waals surface area contributed by atoms with E-state index in [0.717, 1.165) is 5.56 Å². The van der Waals surface area contributed by atoms with Crippen molar-refractivity contribution in [2.45, 2.75) is 13.0 Å². The monoisotopic (exact) mass is 409 g/mol. The van der Waals surface area contributed by atoms with Gasteiger partial charge in [-0.3, -0.25) is 0 Å². The van der Waals surface area contributed by atoms with Gasteiger partial charge in [0, 0.05) is 10.0 Å². The van der Waals surface area contributed by atoms with E-state index in [1.165, 1.54) is 0 Å². The van der Waals surface area contributed by atoms with Crippen LogP contribution in [0.15, 0.2) is 34.8 Å². The van der Waals surface area contributed by atoms with E-state index in [1.807, 2.05) is 13.0 Å². The van der Waals surface area contributed by atoms with Gasteiger partial charge in [0.1, 0.15) is 5.82 Å². The van der Waals surface area contributed by atoms with E-state index in [0.29, 0.717) is 26.6 Å². The first kappa shape index (κ1) is 17.0. The Morgan fingerprint density at radius 2 is 1.86 bits per heavy atom. The summed E-state index contributed by atoms with van der Waals surface area (Å²) in [6.45, 7) is 2.61. The Morgan fingerprint density at radius 1 is 1.14 bits per heavy atom. The average molecular weight is 412 g/mol. The smallest absolute Gasteiger partial charge is 0.148 e. The lowest BCUT2D eigenvalue weighted by Gasteiger charge is -2.21. The summed E-state index contributed by atoms with van der Waals surface area (Å²) in [6.07, 6.45) is 0. The summed E-state index contributed by atoms with van der Waals surface area (Å²) in [5.74, 6) is -0.455. The molecule has 0 saturated heterocycles. The normalized spacial score (nSPS) is 12.5. The van der Waals surface area contributed by atoms with Crippen LogP contribution in [0.3, 0.4) is 0 Å². The van der Waals surface area contributed by atoms with Crippen molar-refractivity contribution < 1.29 is 4.39 Å². The number of rotatable bonds is 4. The second kappa shape index (κ2) is 7.30. The van der Waals surface area contributed by atoms with Crippen LogP contribution in [-0.4, -0.2) is 6.54 Å². The quantitative estimate of drug-likeness (QED) is 0.587. The van der Waals surface area contributed by atoms with Gasteiger partial charge in [0.15, 0.2) is 0 Å². The van der Waals surface area contributed by atoms with Crippen LogP contribution in [0.4, 0.5) is 4.39 Å². The Kier molecular flexibility index (Phi) is 5.92. The minimum absolute atomic E-state index is 0.0652. The van der Waals surface area contributed by atoms with E-state index in [4.69, 9.17) is 34.8 Å². The Hall–Kier alpha value is -0.320. The lowest BCUT2D eigenvalue weighted by atomic mass is 9.98. The van der Waals surface area contributed by atoms with E-state index >= 15 is 0 Å². The minimum Gasteiger partial charge on any atom is -0.306 e. The highest BCUT2D eigenvalue weighted by atomic mass is 79.9. The van der Waals surface area contributed by atoms with Crippen LogP contribution in [0.1, 0.15) is 24.1 Å². The molecule has 0 bridgehead atoms. The maximum Gasteiger partial charge on any atom is 0.148 e. The molecule has 2 aromatic rings. The lowest BCUT2D eigenvalue weighted by Crippen LogP contribution is -2.23. The number of nitrogens with one attached hydrogen (secondary N) is 1. The predicted molar refractivity (Wildman–Crippen MR) is 91.1 cm³/mol. The second-order valence-corrected chi connectivity index (χ2v) is 6.48. The number of hydrogen-bond acceptors (Lipinski definition) is 1. The second-order valence-electron chi connectivity index (χ2n) is 4.43. The van der Waals surface area contributed by atoms with Crippen molar-refractivity contribution in [1.82, 2.24) is 5.32 Å². The standard InChI is InChI=1S/C15H12BrCl3FN/c1-2-21-15(8-3-6-11(17)12(18)7-8)9-4-5-10(16)13(19)14(9)20/h3-7,15,21H,2H2,1H3. The SMILES string of the molecule is CCNC(c1ccc(Cl)c(Cl)c1)c1ccc(Br)c(Cl)c1F. The fourth-order valence-corrected chi connectivity index (χ4v) is 2.85. The summed E-state index contributed by atoms with van der Waals surface area (Å²) in [4.78, 5) is 0. The highest BCUT2D eigenvalue weighted by Crippen LogP contribution is 2.34. The Bertz CT molecular complexity index is 664. The van der Waals surface area contributed by atoms with Crippen molar-refractivity contribution in [1.29, 1.82) is 0 Å². The van der Waals surface area contributed by atoms with E-state index < -0.39 is 5.82 Å². The van der Waals surface area contributed by atoms with Crippen LogP contribution in [0, 0.1) is 5.82 Å². The lowest BCUT2D eigenvalue weighted by molar-refractivity contribution is 0.559. The fraction of sp³-hybridized carbons (Fsp3) is 0.200. The van der Waals surface area contributed by atoms with Crippen molar-refractivity contribution in [3.05, 3.63) is 66.8 Å². The van der Waals surface area contributed by atoms with Gasteiger partial charge in [0.05, 0.1) is 21.1 Å². The van der Waals surface area contributed by atoms with Crippen molar-refractivity contribution in [3.8, 4) is 0 Å². The zero-order valence-electron chi connectivity index (χ0n) is 11.1. The van der Waals surface area contributed by atoms with E-state index in [-0.39, 0.29) is 11.1 Å². The largest absolute Gasteiger partial charge is 0.306 e. The molecule has 0 spiro atoms. The molecule has 0 amide bonds. The van der Waals surface area contributed by atoms with Crippen LogP contribution < -0.4 is 5.32 Å². The van der Waals surface area contributed by atoms with Gasteiger partial charge in [-0.15, -0.1) is 0 Å². The summed E-state index contributed by atoms with van der Waals surface area (Å²) < 4.78 is 15.0. The van der Waals surface area contributed by atoms with Gasteiger partial charge in [-0.2, -0.15) is 0 Å². The molecule has 2 rings (SSSR count). The zero-order chi connectivity index (χ0) is 15.6. The summed E-state index contributed by atoms with van der Waals surface area (Å²) in [7, 11) is 0. The predicted octanol–water partition coefficient (Wildman–Crippen LogP) is 6.25. The number of hydrogen-bond donors (Lipinski definition) is 1. The summed E-state index contributed by atoms with van der Waals surface area (Å²) in [5.41, 5.74) is 1.28. The van der Waals surface area contributed by atoms with Crippen LogP contribution in [0.25, 0.3) is 0 Å². The molecule has 0 aromatic heterocycles. The van der Waals surface area contributed by atoms with Crippen LogP contribution in [0.2, 0.25) is 15.1 Å². The van der Waals surface area contributed by atoms with Gasteiger partial charge < -0.3 is 5.32 Å². The molecule has 1 atom stereocenters. The third-order valence-corrected chi connectivity index (χ3v) is 5.06. The number of benzene rings is 2. The van der Waals surface area contributed by atoms with Crippen LogP contribution in [-0.2, 0) is 0 Å². The fourth-order valence-electron chi connectivity index (χ4n) is 2.07. The molecule has 0 saturated carbocycles. The molecule has 0 aliphatic carbocycles. The first-order valence-corrected chi connectivity index (χ1v) is 8.20.